The number of aromatic nitrogens is 1. The molecule has 7 heteroatoms. The molecule has 2 aromatic rings. The lowest BCUT2D eigenvalue weighted by atomic mass is 9.94. The van der Waals surface area contributed by atoms with Crippen LogP contribution >= 0.6 is 0 Å². The molecule has 2 aliphatic heterocycles. The Morgan fingerprint density at radius 2 is 2.00 bits per heavy atom. The Labute approximate surface area is 170 Å². The van der Waals surface area contributed by atoms with E-state index in [1.807, 2.05) is 25.1 Å². The summed E-state index contributed by atoms with van der Waals surface area (Å²) in [5.74, 6) is 1.44. The van der Waals surface area contributed by atoms with Crippen molar-refractivity contribution in [3.8, 4) is 5.75 Å². The Kier molecular flexibility index (Phi) is 5.94. The third kappa shape index (κ3) is 4.50. The van der Waals surface area contributed by atoms with Crippen LogP contribution in [0.15, 0.2) is 39.8 Å². The molecule has 1 amide bonds. The average molecular weight is 397 g/mol. The Balaban J connectivity index is 1.41. The zero-order valence-electron chi connectivity index (χ0n) is 16.7. The van der Waals surface area contributed by atoms with Gasteiger partial charge in [-0.1, -0.05) is 0 Å². The van der Waals surface area contributed by atoms with E-state index in [9.17, 15) is 9.59 Å². The van der Waals surface area contributed by atoms with Crippen molar-refractivity contribution in [1.29, 1.82) is 0 Å². The van der Waals surface area contributed by atoms with Crippen LogP contribution in [0.3, 0.4) is 0 Å². The molecule has 0 aromatic carbocycles. The fourth-order valence-electron chi connectivity index (χ4n) is 4.14. The van der Waals surface area contributed by atoms with Crippen molar-refractivity contribution in [2.24, 2.45) is 0 Å². The van der Waals surface area contributed by atoms with E-state index < -0.39 is 5.63 Å². The standard InChI is InChI=1S/C22H27N3O4/c1-15-13-19(16-4-9-23-10-5-16)29-22(27)20(15)21(26)25-11-6-17(7-12-25)28-18-3-2-8-24-14-18/h2-3,8,13-14,16-17,23H,4-7,9-12H2,1H3. The molecular weight excluding hydrogens is 370 g/mol. The Morgan fingerprint density at radius 1 is 1.24 bits per heavy atom. The minimum absolute atomic E-state index is 0.0445. The molecule has 0 unspecified atom stereocenters. The summed E-state index contributed by atoms with van der Waals surface area (Å²) >= 11 is 0. The SMILES string of the molecule is Cc1cc(C2CCNCC2)oc(=O)c1C(=O)N1CCC(Oc2cccnc2)CC1. The highest BCUT2D eigenvalue weighted by atomic mass is 16.5. The summed E-state index contributed by atoms with van der Waals surface area (Å²) in [6.07, 6.45) is 6.77. The van der Waals surface area contributed by atoms with E-state index in [0.29, 0.717) is 24.4 Å². The van der Waals surface area contributed by atoms with Gasteiger partial charge < -0.3 is 19.4 Å². The molecule has 7 nitrogen and oxygen atoms in total. The first-order valence-corrected chi connectivity index (χ1v) is 10.3. The molecule has 0 spiro atoms. The van der Waals surface area contributed by atoms with Gasteiger partial charge in [0.15, 0.2) is 0 Å². The average Bonchev–Trinajstić information content (AvgIpc) is 2.75. The number of rotatable bonds is 4. The topological polar surface area (TPSA) is 84.7 Å². The second-order valence-electron chi connectivity index (χ2n) is 7.82. The molecule has 0 aliphatic carbocycles. The zero-order valence-corrected chi connectivity index (χ0v) is 16.7. The lowest BCUT2D eigenvalue weighted by Crippen LogP contribution is -2.43. The zero-order chi connectivity index (χ0) is 20.2. The smallest absolute Gasteiger partial charge is 0.349 e. The van der Waals surface area contributed by atoms with E-state index in [0.717, 1.165) is 44.5 Å². The molecule has 2 aromatic heterocycles. The van der Waals surface area contributed by atoms with Crippen LogP contribution in [0, 0.1) is 6.92 Å². The van der Waals surface area contributed by atoms with Crippen LogP contribution in [0.2, 0.25) is 0 Å². The second kappa shape index (κ2) is 8.78. The molecule has 29 heavy (non-hydrogen) atoms. The lowest BCUT2D eigenvalue weighted by Gasteiger charge is -2.32. The van der Waals surface area contributed by atoms with Crippen molar-refractivity contribution < 1.29 is 13.9 Å². The third-order valence-corrected chi connectivity index (χ3v) is 5.79. The van der Waals surface area contributed by atoms with Gasteiger partial charge in [-0.25, -0.2) is 4.79 Å². The van der Waals surface area contributed by atoms with Gasteiger partial charge in [0.25, 0.3) is 5.91 Å². The molecule has 4 rings (SSSR count). The molecule has 0 bridgehead atoms. The summed E-state index contributed by atoms with van der Waals surface area (Å²) in [6.45, 7) is 4.78. The number of likely N-dealkylation sites (tertiary alicyclic amines) is 1. The Morgan fingerprint density at radius 3 is 2.66 bits per heavy atom. The number of nitrogens with zero attached hydrogens (tertiary/aromatic N) is 2. The molecule has 154 valence electrons. The van der Waals surface area contributed by atoms with Gasteiger partial charge >= 0.3 is 5.63 Å². The van der Waals surface area contributed by atoms with E-state index in [1.54, 1.807) is 17.3 Å². The van der Waals surface area contributed by atoms with Crippen molar-refractivity contribution in [3.05, 3.63) is 57.9 Å². The van der Waals surface area contributed by atoms with E-state index in [4.69, 9.17) is 9.15 Å². The normalized spacial score (nSPS) is 18.6. The summed E-state index contributed by atoms with van der Waals surface area (Å²) in [5, 5.41) is 3.31. The summed E-state index contributed by atoms with van der Waals surface area (Å²) in [6, 6.07) is 5.59. The van der Waals surface area contributed by atoms with Crippen molar-refractivity contribution >= 4 is 5.91 Å². The number of carbonyl (C=O) groups is 1. The minimum atomic E-state index is -0.516. The van der Waals surface area contributed by atoms with Gasteiger partial charge in [-0.2, -0.15) is 0 Å². The van der Waals surface area contributed by atoms with Gasteiger partial charge in [0, 0.05) is 38.0 Å². The summed E-state index contributed by atoms with van der Waals surface area (Å²) < 4.78 is 11.5. The van der Waals surface area contributed by atoms with Crippen LogP contribution in [0.4, 0.5) is 0 Å². The van der Waals surface area contributed by atoms with Crippen LogP contribution in [0.1, 0.15) is 53.3 Å². The number of ether oxygens (including phenoxy) is 1. The minimum Gasteiger partial charge on any atom is -0.489 e. The van der Waals surface area contributed by atoms with Crippen molar-refractivity contribution in [1.82, 2.24) is 15.2 Å². The highest BCUT2D eigenvalue weighted by Gasteiger charge is 2.29. The van der Waals surface area contributed by atoms with Gasteiger partial charge in [-0.3, -0.25) is 9.78 Å². The number of carbonyl (C=O) groups excluding carboxylic acids is 1. The molecule has 2 saturated heterocycles. The third-order valence-electron chi connectivity index (χ3n) is 5.79. The van der Waals surface area contributed by atoms with Gasteiger partial charge in [-0.05, 0) is 56.6 Å². The van der Waals surface area contributed by atoms with Crippen LogP contribution in [0.5, 0.6) is 5.75 Å². The van der Waals surface area contributed by atoms with Crippen molar-refractivity contribution in [3.63, 3.8) is 0 Å². The molecule has 0 atom stereocenters. The lowest BCUT2D eigenvalue weighted by molar-refractivity contribution is 0.0589. The Hall–Kier alpha value is -2.67. The van der Waals surface area contributed by atoms with Crippen molar-refractivity contribution in [2.75, 3.05) is 26.2 Å². The van der Waals surface area contributed by atoms with Crippen LogP contribution in [0.25, 0.3) is 0 Å². The maximum absolute atomic E-state index is 13.0. The molecular formula is C22H27N3O4. The monoisotopic (exact) mass is 397 g/mol. The Bertz CT molecular complexity index is 898. The molecule has 1 N–H and O–H groups in total. The quantitative estimate of drug-likeness (QED) is 0.853. The second-order valence-corrected chi connectivity index (χ2v) is 7.82. The number of hydrogen-bond donors (Lipinski definition) is 1. The number of pyridine rings is 1. The first-order valence-electron chi connectivity index (χ1n) is 10.3. The molecule has 2 fully saturated rings. The van der Waals surface area contributed by atoms with Gasteiger partial charge in [0.05, 0.1) is 6.20 Å². The highest BCUT2D eigenvalue weighted by molar-refractivity contribution is 5.95. The molecule has 0 saturated carbocycles. The largest absolute Gasteiger partial charge is 0.489 e. The van der Waals surface area contributed by atoms with Gasteiger partial charge in [0.1, 0.15) is 23.2 Å². The van der Waals surface area contributed by atoms with Crippen molar-refractivity contribution in [2.45, 2.75) is 44.6 Å². The molecule has 0 radical (unpaired) electrons. The number of piperidine rings is 2. The van der Waals surface area contributed by atoms with Crippen LogP contribution in [-0.2, 0) is 0 Å². The summed E-state index contributed by atoms with van der Waals surface area (Å²) in [7, 11) is 0. The number of amides is 1. The van der Waals surface area contributed by atoms with Crippen LogP contribution < -0.4 is 15.7 Å². The van der Waals surface area contributed by atoms with Gasteiger partial charge in [0.2, 0.25) is 0 Å². The predicted octanol–water partition coefficient (Wildman–Crippen LogP) is 2.49. The summed E-state index contributed by atoms with van der Waals surface area (Å²) in [5.41, 5.74) is 0.347. The summed E-state index contributed by atoms with van der Waals surface area (Å²) in [4.78, 5) is 31.4. The van der Waals surface area contributed by atoms with E-state index in [-0.39, 0.29) is 23.5 Å². The predicted molar refractivity (Wildman–Crippen MR) is 108 cm³/mol. The molecule has 2 aliphatic rings. The fourth-order valence-corrected chi connectivity index (χ4v) is 4.14. The first-order chi connectivity index (χ1) is 14.1. The van der Waals surface area contributed by atoms with E-state index in [2.05, 4.69) is 10.3 Å². The maximum Gasteiger partial charge on any atom is 0.349 e. The van der Waals surface area contributed by atoms with Crippen LogP contribution in [-0.4, -0.2) is 48.1 Å². The number of aryl methyl sites for hydroxylation is 1. The van der Waals surface area contributed by atoms with Gasteiger partial charge in [-0.15, -0.1) is 0 Å². The maximum atomic E-state index is 13.0. The number of hydrogen-bond acceptors (Lipinski definition) is 6. The fraction of sp³-hybridized carbons (Fsp3) is 0.500. The van der Waals surface area contributed by atoms with E-state index in [1.165, 1.54) is 0 Å². The molecule has 4 heterocycles. The highest BCUT2D eigenvalue weighted by Crippen LogP contribution is 2.26. The van der Waals surface area contributed by atoms with E-state index >= 15 is 0 Å². The number of nitrogens with one attached hydrogen (secondary N) is 1. The first kappa shape index (κ1) is 19.6.